The molecule has 3 heterocycles. The maximum atomic E-state index is 12.0. The maximum Gasteiger partial charge on any atom is 0.513 e. The Kier molecular flexibility index (Phi) is 3.46. The first-order valence-electron chi connectivity index (χ1n) is 6.48. The fourth-order valence-corrected chi connectivity index (χ4v) is 2.31. The molecule has 0 radical (unpaired) electrons. The van der Waals surface area contributed by atoms with Crippen LogP contribution in [-0.2, 0) is 16.1 Å². The number of aromatic nitrogens is 2. The number of aryl methyl sites for hydroxylation is 1. The number of nitrogens with zero attached hydrogens (tertiary/aromatic N) is 2. The second kappa shape index (κ2) is 5.44. The molecule has 0 spiro atoms. The first kappa shape index (κ1) is 14.0. The summed E-state index contributed by atoms with van der Waals surface area (Å²) in [6.07, 6.45) is 2.29. The molecular weight excluding hydrogens is 288 g/mol. The van der Waals surface area contributed by atoms with E-state index >= 15 is 0 Å². The van der Waals surface area contributed by atoms with Crippen molar-refractivity contribution in [1.29, 1.82) is 0 Å². The molecule has 2 aromatic rings. The van der Waals surface area contributed by atoms with Crippen molar-refractivity contribution >= 4 is 12.1 Å². The monoisotopic (exact) mass is 300 g/mol. The maximum absolute atomic E-state index is 12.0. The number of hydrogen-bond acceptors (Lipinski definition) is 7. The van der Waals surface area contributed by atoms with Crippen molar-refractivity contribution in [1.82, 2.24) is 9.97 Å². The van der Waals surface area contributed by atoms with E-state index in [0.717, 1.165) is 0 Å². The molecule has 2 aromatic heterocycles. The van der Waals surface area contributed by atoms with Crippen molar-refractivity contribution < 1.29 is 23.8 Å². The quantitative estimate of drug-likeness (QED) is 0.786. The molecule has 1 aliphatic heterocycles. The summed E-state index contributed by atoms with van der Waals surface area (Å²) < 4.78 is 14.8. The van der Waals surface area contributed by atoms with E-state index in [2.05, 4.69) is 14.7 Å². The van der Waals surface area contributed by atoms with Gasteiger partial charge in [-0.25, -0.2) is 14.6 Å². The van der Waals surface area contributed by atoms with E-state index in [1.807, 2.05) is 0 Å². The fraction of sp³-hybridized carbons (Fsp3) is 0.200. The molecule has 0 saturated carbocycles. The van der Waals surface area contributed by atoms with E-state index in [1.54, 1.807) is 31.5 Å². The largest absolute Gasteiger partial charge is 0.513 e. The molecule has 22 heavy (non-hydrogen) atoms. The molecule has 0 aromatic carbocycles. The zero-order valence-corrected chi connectivity index (χ0v) is 12.0. The van der Waals surface area contributed by atoms with Crippen LogP contribution in [0.5, 0.6) is 5.75 Å². The number of methoxy groups -OCH3 is 1. The van der Waals surface area contributed by atoms with E-state index < -0.39 is 12.1 Å². The standard InChI is InChI=1S/C15H12N2O5/c1-8-13(22-15(19)20-2)11(9-4-3-5-16-6-9)12-10(17-8)7-21-14(12)18/h3-6H,7H2,1-2H3. The van der Waals surface area contributed by atoms with Gasteiger partial charge in [0.15, 0.2) is 5.75 Å². The van der Waals surface area contributed by atoms with Crippen molar-refractivity contribution in [3.05, 3.63) is 41.5 Å². The summed E-state index contributed by atoms with van der Waals surface area (Å²) in [6.45, 7) is 1.78. The minimum absolute atomic E-state index is 0.0980. The fourth-order valence-electron chi connectivity index (χ4n) is 2.31. The molecular formula is C15H12N2O5. The molecule has 0 aliphatic carbocycles. The Hall–Kier alpha value is -2.96. The molecule has 0 N–H and O–H groups in total. The van der Waals surface area contributed by atoms with Gasteiger partial charge in [0.05, 0.1) is 24.1 Å². The van der Waals surface area contributed by atoms with Crippen LogP contribution in [0.4, 0.5) is 4.79 Å². The summed E-state index contributed by atoms with van der Waals surface area (Å²) >= 11 is 0. The van der Waals surface area contributed by atoms with Crippen LogP contribution in [0, 0.1) is 6.92 Å². The zero-order chi connectivity index (χ0) is 15.7. The Balaban J connectivity index is 2.27. The highest BCUT2D eigenvalue weighted by molar-refractivity contribution is 6.02. The number of carbonyl (C=O) groups excluding carboxylic acids is 2. The molecule has 3 rings (SSSR count). The van der Waals surface area contributed by atoms with Crippen molar-refractivity contribution in [3.63, 3.8) is 0 Å². The highest BCUT2D eigenvalue weighted by atomic mass is 16.7. The number of rotatable bonds is 2. The van der Waals surface area contributed by atoms with Gasteiger partial charge in [0.1, 0.15) is 6.61 Å². The molecule has 0 saturated heterocycles. The van der Waals surface area contributed by atoms with E-state index in [1.165, 1.54) is 7.11 Å². The number of ether oxygens (including phenoxy) is 3. The van der Waals surface area contributed by atoms with Gasteiger partial charge in [-0.05, 0) is 13.0 Å². The van der Waals surface area contributed by atoms with Crippen LogP contribution >= 0.6 is 0 Å². The van der Waals surface area contributed by atoms with Crippen LogP contribution in [0.1, 0.15) is 21.7 Å². The Morgan fingerprint density at radius 1 is 1.36 bits per heavy atom. The number of pyridine rings is 2. The Morgan fingerprint density at radius 3 is 2.86 bits per heavy atom. The van der Waals surface area contributed by atoms with Gasteiger partial charge in [0.25, 0.3) is 0 Å². The first-order chi connectivity index (χ1) is 10.6. The predicted molar refractivity (Wildman–Crippen MR) is 74.4 cm³/mol. The van der Waals surface area contributed by atoms with Crippen molar-refractivity contribution in [3.8, 4) is 16.9 Å². The summed E-state index contributed by atoms with van der Waals surface area (Å²) in [5.41, 5.74) is 2.32. The number of cyclic esters (lactones) is 1. The van der Waals surface area contributed by atoms with Crippen LogP contribution < -0.4 is 4.74 Å². The lowest BCUT2D eigenvalue weighted by molar-refractivity contribution is 0.0533. The van der Waals surface area contributed by atoms with Gasteiger partial charge >= 0.3 is 12.1 Å². The molecule has 7 nitrogen and oxygen atoms in total. The van der Waals surface area contributed by atoms with Crippen LogP contribution in [-0.4, -0.2) is 29.2 Å². The third kappa shape index (κ3) is 2.26. The molecule has 1 aliphatic rings. The predicted octanol–water partition coefficient (Wildman–Crippen LogP) is 2.27. The SMILES string of the molecule is COC(=O)Oc1c(C)nc2c(c1-c1cccnc1)C(=O)OC2. The average Bonchev–Trinajstić information content (AvgIpc) is 2.89. The Morgan fingerprint density at radius 2 is 2.18 bits per heavy atom. The van der Waals surface area contributed by atoms with Crippen LogP contribution in [0.3, 0.4) is 0 Å². The molecule has 112 valence electrons. The van der Waals surface area contributed by atoms with Crippen LogP contribution in [0.25, 0.3) is 11.1 Å². The average molecular weight is 300 g/mol. The van der Waals surface area contributed by atoms with Gasteiger partial charge in [0, 0.05) is 23.5 Å². The van der Waals surface area contributed by atoms with Crippen LogP contribution in [0.2, 0.25) is 0 Å². The highest BCUT2D eigenvalue weighted by Crippen LogP contribution is 2.39. The Bertz CT molecular complexity index is 758. The molecule has 0 atom stereocenters. The van der Waals surface area contributed by atoms with E-state index in [4.69, 9.17) is 9.47 Å². The van der Waals surface area contributed by atoms with Gasteiger partial charge < -0.3 is 14.2 Å². The van der Waals surface area contributed by atoms with Gasteiger partial charge in [-0.1, -0.05) is 6.07 Å². The molecule has 0 fully saturated rings. The van der Waals surface area contributed by atoms with E-state index in [9.17, 15) is 9.59 Å². The summed E-state index contributed by atoms with van der Waals surface area (Å²) in [7, 11) is 1.20. The van der Waals surface area contributed by atoms with Gasteiger partial charge in [0.2, 0.25) is 0 Å². The molecule has 0 unspecified atom stereocenters. The third-order valence-corrected chi connectivity index (χ3v) is 3.24. The van der Waals surface area contributed by atoms with Crippen molar-refractivity contribution in [2.24, 2.45) is 0 Å². The normalized spacial score (nSPS) is 12.5. The van der Waals surface area contributed by atoms with Crippen molar-refractivity contribution in [2.75, 3.05) is 7.11 Å². The Labute approximate surface area is 125 Å². The van der Waals surface area contributed by atoms with Gasteiger partial charge in [-0.2, -0.15) is 0 Å². The van der Waals surface area contributed by atoms with Gasteiger partial charge in [-0.15, -0.1) is 0 Å². The molecule has 0 amide bonds. The van der Waals surface area contributed by atoms with Crippen molar-refractivity contribution in [2.45, 2.75) is 13.5 Å². The molecule has 0 bridgehead atoms. The summed E-state index contributed by atoms with van der Waals surface area (Å²) in [5.74, 6) is -0.339. The van der Waals surface area contributed by atoms with E-state index in [0.29, 0.717) is 22.5 Å². The molecule has 7 heteroatoms. The zero-order valence-electron chi connectivity index (χ0n) is 12.0. The lowest BCUT2D eigenvalue weighted by Crippen LogP contribution is -2.12. The number of carbonyl (C=O) groups is 2. The van der Waals surface area contributed by atoms with E-state index in [-0.39, 0.29) is 17.9 Å². The number of hydrogen-bond donors (Lipinski definition) is 0. The topological polar surface area (TPSA) is 87.6 Å². The lowest BCUT2D eigenvalue weighted by atomic mass is 9.99. The lowest BCUT2D eigenvalue weighted by Gasteiger charge is -2.14. The third-order valence-electron chi connectivity index (χ3n) is 3.24. The number of esters is 1. The summed E-state index contributed by atoms with van der Waals surface area (Å²) in [5, 5.41) is 0. The first-order valence-corrected chi connectivity index (χ1v) is 6.48. The minimum Gasteiger partial charge on any atom is -0.455 e. The van der Waals surface area contributed by atoms with Gasteiger partial charge in [-0.3, -0.25) is 4.98 Å². The number of fused-ring (bicyclic) bond motifs is 1. The van der Waals surface area contributed by atoms with Crippen LogP contribution in [0.15, 0.2) is 24.5 Å². The highest BCUT2D eigenvalue weighted by Gasteiger charge is 2.32. The second-order valence-corrected chi connectivity index (χ2v) is 4.60. The second-order valence-electron chi connectivity index (χ2n) is 4.60. The summed E-state index contributed by atoms with van der Waals surface area (Å²) in [6, 6.07) is 3.48. The summed E-state index contributed by atoms with van der Waals surface area (Å²) in [4.78, 5) is 31.8. The minimum atomic E-state index is -0.888. The smallest absolute Gasteiger partial charge is 0.455 e.